The molecule has 0 spiro atoms. The summed E-state index contributed by atoms with van der Waals surface area (Å²) in [4.78, 5) is 13.2. The molecule has 100 valence electrons. The summed E-state index contributed by atoms with van der Waals surface area (Å²) in [6.45, 7) is 0.767. The van der Waals surface area contributed by atoms with Crippen molar-refractivity contribution < 1.29 is 14.3 Å². The SMILES string of the molecule is C#CCNC(=O)N1CC[C@](O)(c2ccc(F)cc2)C1. The van der Waals surface area contributed by atoms with Gasteiger partial charge in [0.25, 0.3) is 0 Å². The molecule has 0 aromatic heterocycles. The average molecular weight is 262 g/mol. The van der Waals surface area contributed by atoms with Gasteiger partial charge in [-0.05, 0) is 24.1 Å². The van der Waals surface area contributed by atoms with Crippen LogP contribution in [0.25, 0.3) is 0 Å². The molecule has 19 heavy (non-hydrogen) atoms. The van der Waals surface area contributed by atoms with E-state index in [1.165, 1.54) is 29.2 Å². The topological polar surface area (TPSA) is 52.6 Å². The van der Waals surface area contributed by atoms with Crippen LogP contribution in [0.5, 0.6) is 0 Å². The molecule has 1 aromatic rings. The number of benzene rings is 1. The van der Waals surface area contributed by atoms with Crippen LogP contribution in [-0.4, -0.2) is 35.7 Å². The third kappa shape index (κ3) is 2.85. The first-order valence-electron chi connectivity index (χ1n) is 6.00. The van der Waals surface area contributed by atoms with Crippen molar-refractivity contribution in [2.45, 2.75) is 12.0 Å². The molecule has 4 nitrogen and oxygen atoms in total. The van der Waals surface area contributed by atoms with Gasteiger partial charge in [-0.3, -0.25) is 0 Å². The molecule has 5 heteroatoms. The van der Waals surface area contributed by atoms with E-state index in [0.29, 0.717) is 18.5 Å². The van der Waals surface area contributed by atoms with Crippen LogP contribution >= 0.6 is 0 Å². The molecule has 1 aliphatic rings. The van der Waals surface area contributed by atoms with Crippen molar-refractivity contribution in [3.8, 4) is 12.3 Å². The van der Waals surface area contributed by atoms with Crippen molar-refractivity contribution >= 4 is 6.03 Å². The predicted molar refractivity (Wildman–Crippen MR) is 68.7 cm³/mol. The van der Waals surface area contributed by atoms with Gasteiger partial charge in [0.05, 0.1) is 13.1 Å². The van der Waals surface area contributed by atoms with Crippen LogP contribution in [0.4, 0.5) is 9.18 Å². The van der Waals surface area contributed by atoms with Gasteiger partial charge in [0.15, 0.2) is 0 Å². The van der Waals surface area contributed by atoms with Gasteiger partial charge in [-0.1, -0.05) is 18.1 Å². The lowest BCUT2D eigenvalue weighted by Crippen LogP contribution is -2.40. The van der Waals surface area contributed by atoms with E-state index in [9.17, 15) is 14.3 Å². The Hall–Kier alpha value is -2.06. The molecule has 1 atom stereocenters. The Kier molecular flexibility index (Phi) is 3.72. The normalized spacial score (nSPS) is 22.1. The first-order valence-corrected chi connectivity index (χ1v) is 6.00. The molecule has 2 amide bonds. The highest BCUT2D eigenvalue weighted by Crippen LogP contribution is 2.31. The van der Waals surface area contributed by atoms with Crippen LogP contribution in [0.3, 0.4) is 0 Å². The minimum Gasteiger partial charge on any atom is -0.383 e. The van der Waals surface area contributed by atoms with Crippen molar-refractivity contribution in [3.05, 3.63) is 35.6 Å². The lowest BCUT2D eigenvalue weighted by atomic mass is 9.93. The molecular weight excluding hydrogens is 247 g/mol. The van der Waals surface area contributed by atoms with E-state index >= 15 is 0 Å². The van der Waals surface area contributed by atoms with Crippen LogP contribution in [-0.2, 0) is 5.60 Å². The summed E-state index contributed by atoms with van der Waals surface area (Å²) in [5.74, 6) is 1.97. The number of amides is 2. The van der Waals surface area contributed by atoms with Gasteiger partial charge >= 0.3 is 6.03 Å². The fourth-order valence-electron chi connectivity index (χ4n) is 2.20. The van der Waals surface area contributed by atoms with E-state index < -0.39 is 5.60 Å². The molecule has 2 N–H and O–H groups in total. The van der Waals surface area contributed by atoms with E-state index in [1.807, 2.05) is 0 Å². The van der Waals surface area contributed by atoms with E-state index in [0.717, 1.165) is 0 Å². The van der Waals surface area contributed by atoms with Gasteiger partial charge in [-0.25, -0.2) is 9.18 Å². The summed E-state index contributed by atoms with van der Waals surface area (Å²) in [6.07, 6.45) is 5.48. The lowest BCUT2D eigenvalue weighted by Gasteiger charge is -2.24. The second-order valence-electron chi connectivity index (χ2n) is 4.57. The van der Waals surface area contributed by atoms with Crippen molar-refractivity contribution in [1.82, 2.24) is 10.2 Å². The van der Waals surface area contributed by atoms with Gasteiger partial charge in [-0.15, -0.1) is 6.42 Å². The number of urea groups is 1. The van der Waals surface area contributed by atoms with Crippen molar-refractivity contribution in [3.63, 3.8) is 0 Å². The Morgan fingerprint density at radius 2 is 2.21 bits per heavy atom. The zero-order valence-corrected chi connectivity index (χ0v) is 10.4. The number of likely N-dealkylation sites (tertiary alicyclic amines) is 1. The Morgan fingerprint density at radius 1 is 1.53 bits per heavy atom. The number of nitrogens with one attached hydrogen (secondary N) is 1. The molecule has 0 saturated carbocycles. The van der Waals surface area contributed by atoms with Gasteiger partial charge < -0.3 is 15.3 Å². The van der Waals surface area contributed by atoms with Gasteiger partial charge in [0.1, 0.15) is 11.4 Å². The average Bonchev–Trinajstić information content (AvgIpc) is 2.80. The fourth-order valence-corrected chi connectivity index (χ4v) is 2.20. The second kappa shape index (κ2) is 5.29. The molecular formula is C14H15FN2O2. The molecule has 1 saturated heterocycles. The van der Waals surface area contributed by atoms with Gasteiger partial charge in [0, 0.05) is 6.54 Å². The summed E-state index contributed by atoms with van der Waals surface area (Å²) in [5.41, 5.74) is -0.512. The number of carbonyl (C=O) groups excluding carboxylic acids is 1. The molecule has 0 unspecified atom stereocenters. The predicted octanol–water partition coefficient (Wildman–Crippen LogP) is 1.06. The molecule has 0 bridgehead atoms. The number of hydrogen-bond acceptors (Lipinski definition) is 2. The Morgan fingerprint density at radius 3 is 2.84 bits per heavy atom. The third-order valence-electron chi connectivity index (χ3n) is 3.26. The van der Waals surface area contributed by atoms with Gasteiger partial charge in [0.2, 0.25) is 0 Å². The van der Waals surface area contributed by atoms with Crippen LogP contribution in [0.15, 0.2) is 24.3 Å². The maximum Gasteiger partial charge on any atom is 0.318 e. The van der Waals surface area contributed by atoms with E-state index in [1.54, 1.807) is 0 Å². The minimum absolute atomic E-state index is 0.157. The van der Waals surface area contributed by atoms with Crippen LogP contribution in [0, 0.1) is 18.2 Å². The van der Waals surface area contributed by atoms with Crippen molar-refractivity contribution in [1.29, 1.82) is 0 Å². The zero-order valence-electron chi connectivity index (χ0n) is 10.4. The number of nitrogens with zero attached hydrogens (tertiary/aromatic N) is 1. The molecule has 0 radical (unpaired) electrons. The first kappa shape index (κ1) is 13.4. The monoisotopic (exact) mass is 262 g/mol. The van der Waals surface area contributed by atoms with Crippen LogP contribution < -0.4 is 5.32 Å². The Labute approximate surface area is 111 Å². The summed E-state index contributed by atoms with van der Waals surface area (Å²) in [6, 6.07) is 5.38. The highest BCUT2D eigenvalue weighted by Gasteiger charge is 2.39. The summed E-state index contributed by atoms with van der Waals surface area (Å²) in [7, 11) is 0. The second-order valence-corrected chi connectivity index (χ2v) is 4.57. The molecule has 1 aliphatic heterocycles. The fraction of sp³-hybridized carbons (Fsp3) is 0.357. The van der Waals surface area contributed by atoms with Crippen molar-refractivity contribution in [2.24, 2.45) is 0 Å². The smallest absolute Gasteiger partial charge is 0.318 e. The molecule has 1 fully saturated rings. The van der Waals surface area contributed by atoms with Crippen LogP contribution in [0.1, 0.15) is 12.0 Å². The van der Waals surface area contributed by atoms with E-state index in [-0.39, 0.29) is 24.9 Å². The number of terminal acetylenes is 1. The number of aliphatic hydroxyl groups is 1. The number of β-amino-alcohol motifs (C(OH)–C–C–N with tert-alkyl or cyclic N) is 1. The first-order chi connectivity index (χ1) is 9.05. The van der Waals surface area contributed by atoms with E-state index in [4.69, 9.17) is 6.42 Å². The number of hydrogen-bond donors (Lipinski definition) is 2. The molecule has 1 aromatic carbocycles. The standard InChI is InChI=1S/C14H15FN2O2/c1-2-8-16-13(18)17-9-7-14(19,10-17)11-3-5-12(15)6-4-11/h1,3-6,19H,7-10H2,(H,16,18)/t14-/m1/s1. The lowest BCUT2D eigenvalue weighted by molar-refractivity contribution is 0.0494. The summed E-state index contributed by atoms with van der Waals surface area (Å²) >= 11 is 0. The van der Waals surface area contributed by atoms with Gasteiger partial charge in [-0.2, -0.15) is 0 Å². The third-order valence-corrected chi connectivity index (χ3v) is 3.26. The van der Waals surface area contributed by atoms with Crippen LogP contribution in [0.2, 0.25) is 0 Å². The highest BCUT2D eigenvalue weighted by atomic mass is 19.1. The molecule has 2 rings (SSSR count). The largest absolute Gasteiger partial charge is 0.383 e. The van der Waals surface area contributed by atoms with E-state index in [2.05, 4.69) is 11.2 Å². The number of rotatable bonds is 2. The Balaban J connectivity index is 2.06. The molecule has 0 aliphatic carbocycles. The number of halogens is 1. The molecule has 1 heterocycles. The quantitative estimate of drug-likeness (QED) is 0.783. The zero-order chi connectivity index (χ0) is 13.9. The summed E-state index contributed by atoms with van der Waals surface area (Å²) < 4.78 is 12.9. The maximum absolute atomic E-state index is 12.9. The Bertz CT molecular complexity index is 509. The number of carbonyl (C=O) groups is 1. The highest BCUT2D eigenvalue weighted by molar-refractivity contribution is 5.75. The maximum atomic E-state index is 12.9. The van der Waals surface area contributed by atoms with Crippen molar-refractivity contribution in [2.75, 3.05) is 19.6 Å². The summed E-state index contributed by atoms with van der Waals surface area (Å²) in [5, 5.41) is 13.1. The minimum atomic E-state index is -1.12.